The van der Waals surface area contributed by atoms with Crippen molar-refractivity contribution in [3.63, 3.8) is 0 Å². The van der Waals surface area contributed by atoms with Crippen LogP contribution in [0.15, 0.2) is 55.1 Å². The van der Waals surface area contributed by atoms with Gasteiger partial charge in [-0.25, -0.2) is 15.0 Å². The van der Waals surface area contributed by atoms with E-state index in [0.717, 1.165) is 39.9 Å². The molecule has 150 valence electrons. The lowest BCUT2D eigenvalue weighted by molar-refractivity contribution is 0.461. The molecule has 5 aromatic rings. The Morgan fingerprint density at radius 1 is 1.07 bits per heavy atom. The fraction of sp³-hybridized carbons (Fsp3) is 0.292. The minimum absolute atomic E-state index is 0.501. The number of nitrogen functional groups attached to an aromatic ring is 1. The molecule has 6 nitrogen and oxygen atoms in total. The van der Waals surface area contributed by atoms with Gasteiger partial charge in [0.2, 0.25) is 0 Å². The zero-order valence-corrected chi connectivity index (χ0v) is 16.8. The number of benzene rings is 1. The third-order valence-electron chi connectivity index (χ3n) is 6.68. The predicted octanol–water partition coefficient (Wildman–Crippen LogP) is 5.02. The van der Waals surface area contributed by atoms with Crippen molar-refractivity contribution in [3.05, 3.63) is 60.7 Å². The van der Waals surface area contributed by atoms with E-state index < -0.39 is 0 Å². The van der Waals surface area contributed by atoms with Crippen LogP contribution in [-0.2, 0) is 6.42 Å². The molecule has 0 aliphatic heterocycles. The Bertz CT molecular complexity index is 1360. The molecule has 4 heterocycles. The van der Waals surface area contributed by atoms with Crippen LogP contribution < -0.4 is 5.73 Å². The summed E-state index contributed by atoms with van der Waals surface area (Å²) < 4.78 is 2.30. The summed E-state index contributed by atoms with van der Waals surface area (Å²) in [6, 6.07) is 13.5. The van der Waals surface area contributed by atoms with Crippen LogP contribution in [0.3, 0.4) is 0 Å². The lowest BCUT2D eigenvalue weighted by Crippen LogP contribution is -2.06. The molecule has 0 spiro atoms. The molecule has 0 amide bonds. The van der Waals surface area contributed by atoms with Crippen molar-refractivity contribution in [1.29, 1.82) is 0 Å². The average Bonchev–Trinajstić information content (AvgIpc) is 3.49. The topological polar surface area (TPSA) is 85.4 Å². The first kappa shape index (κ1) is 17.4. The molecule has 4 aromatic heterocycles. The van der Waals surface area contributed by atoms with Crippen molar-refractivity contribution < 1.29 is 0 Å². The molecule has 1 fully saturated rings. The van der Waals surface area contributed by atoms with E-state index in [0.29, 0.717) is 11.9 Å². The summed E-state index contributed by atoms with van der Waals surface area (Å²) in [5.74, 6) is 1.30. The second kappa shape index (κ2) is 6.83. The fourth-order valence-electron chi connectivity index (χ4n) is 5.06. The van der Waals surface area contributed by atoms with Crippen molar-refractivity contribution in [2.24, 2.45) is 5.92 Å². The number of nitrogens with one attached hydrogen (secondary N) is 1. The van der Waals surface area contributed by atoms with E-state index >= 15 is 0 Å². The number of rotatable bonds is 4. The van der Waals surface area contributed by atoms with Crippen molar-refractivity contribution in [2.45, 2.75) is 38.1 Å². The van der Waals surface area contributed by atoms with E-state index in [2.05, 4.69) is 56.0 Å². The number of H-pyrrole nitrogens is 1. The van der Waals surface area contributed by atoms with Gasteiger partial charge in [-0.15, -0.1) is 0 Å². The van der Waals surface area contributed by atoms with Gasteiger partial charge in [0.15, 0.2) is 0 Å². The van der Waals surface area contributed by atoms with Crippen LogP contribution in [0.4, 0.5) is 5.82 Å². The van der Waals surface area contributed by atoms with Crippen LogP contribution >= 0.6 is 0 Å². The predicted molar refractivity (Wildman–Crippen MR) is 120 cm³/mol. The van der Waals surface area contributed by atoms with E-state index in [-0.39, 0.29) is 0 Å². The minimum Gasteiger partial charge on any atom is -0.383 e. The lowest BCUT2D eigenvalue weighted by Gasteiger charge is -2.14. The number of nitrogens with two attached hydrogens (primary N) is 1. The van der Waals surface area contributed by atoms with Gasteiger partial charge >= 0.3 is 0 Å². The van der Waals surface area contributed by atoms with E-state index in [1.165, 1.54) is 36.6 Å². The third-order valence-corrected chi connectivity index (χ3v) is 6.68. The second-order valence-corrected chi connectivity index (χ2v) is 8.52. The van der Waals surface area contributed by atoms with Crippen LogP contribution in [0.2, 0.25) is 0 Å². The zero-order valence-electron chi connectivity index (χ0n) is 16.8. The number of aromatic nitrogens is 5. The molecule has 1 saturated carbocycles. The van der Waals surface area contributed by atoms with Crippen LogP contribution in [0, 0.1) is 5.92 Å². The van der Waals surface area contributed by atoms with Gasteiger partial charge in [0.25, 0.3) is 0 Å². The highest BCUT2D eigenvalue weighted by atomic mass is 15.1. The van der Waals surface area contributed by atoms with Gasteiger partial charge < -0.3 is 15.3 Å². The molecule has 2 unspecified atom stereocenters. The summed E-state index contributed by atoms with van der Waals surface area (Å²) >= 11 is 0. The highest BCUT2D eigenvalue weighted by Crippen LogP contribution is 2.39. The van der Waals surface area contributed by atoms with Gasteiger partial charge in [-0.1, -0.05) is 12.1 Å². The average molecular weight is 396 g/mol. The molecule has 0 radical (unpaired) electrons. The normalized spacial score (nSPS) is 19.3. The smallest absolute Gasteiger partial charge is 0.145 e. The van der Waals surface area contributed by atoms with Crippen LogP contribution in [0.5, 0.6) is 0 Å². The largest absolute Gasteiger partial charge is 0.383 e. The van der Waals surface area contributed by atoms with Gasteiger partial charge in [-0.3, -0.25) is 0 Å². The molecule has 1 aliphatic carbocycles. The quantitative estimate of drug-likeness (QED) is 0.447. The Balaban J connectivity index is 1.16. The Morgan fingerprint density at radius 2 is 2.03 bits per heavy atom. The first-order valence-corrected chi connectivity index (χ1v) is 10.7. The maximum Gasteiger partial charge on any atom is 0.145 e. The van der Waals surface area contributed by atoms with Crippen molar-refractivity contribution in [2.75, 3.05) is 5.73 Å². The SMILES string of the molecule is Nc1ncnc2c1ccn2C1CCC(CCc2ccc3cc4cc[nH]c4nc3c2)C1. The molecular weight excluding hydrogens is 372 g/mol. The molecule has 0 saturated heterocycles. The highest BCUT2D eigenvalue weighted by Gasteiger charge is 2.27. The molecule has 0 bridgehead atoms. The van der Waals surface area contributed by atoms with Gasteiger partial charge in [0.1, 0.15) is 23.4 Å². The van der Waals surface area contributed by atoms with Gasteiger partial charge in [0.05, 0.1) is 10.9 Å². The van der Waals surface area contributed by atoms with Gasteiger partial charge in [-0.2, -0.15) is 0 Å². The maximum absolute atomic E-state index is 6.00. The van der Waals surface area contributed by atoms with Crippen molar-refractivity contribution >= 4 is 38.8 Å². The Labute approximate surface area is 174 Å². The Kier molecular flexibility index (Phi) is 3.97. The van der Waals surface area contributed by atoms with E-state index in [1.54, 1.807) is 6.33 Å². The number of aryl methyl sites for hydroxylation is 1. The summed E-state index contributed by atoms with van der Waals surface area (Å²) in [6.07, 6.45) is 11.6. The van der Waals surface area contributed by atoms with Crippen molar-refractivity contribution in [1.82, 2.24) is 24.5 Å². The van der Waals surface area contributed by atoms with E-state index in [9.17, 15) is 0 Å². The number of hydrogen-bond acceptors (Lipinski definition) is 4. The number of pyridine rings is 1. The summed E-state index contributed by atoms with van der Waals surface area (Å²) in [7, 11) is 0. The van der Waals surface area contributed by atoms with Crippen LogP contribution in [0.1, 0.15) is 37.3 Å². The number of hydrogen-bond donors (Lipinski definition) is 2. The first-order valence-electron chi connectivity index (χ1n) is 10.7. The maximum atomic E-state index is 6.00. The molecule has 1 aliphatic rings. The third kappa shape index (κ3) is 2.91. The number of fused-ring (bicyclic) bond motifs is 3. The molecule has 6 heteroatoms. The fourth-order valence-corrected chi connectivity index (χ4v) is 5.06. The van der Waals surface area contributed by atoms with Gasteiger partial charge in [0, 0.05) is 29.2 Å². The van der Waals surface area contributed by atoms with Crippen molar-refractivity contribution in [3.8, 4) is 0 Å². The molecule has 3 N–H and O–H groups in total. The standard InChI is InChI=1S/C24H24N6/c25-22-20-8-10-30(24(20)28-14-27-22)19-6-4-15(11-19)1-2-16-3-5-17-13-18-7-9-26-23(18)29-21(17)12-16/h3,5,7-10,12-15,19H,1-2,4,6,11H2,(H,26,29)(H2,25,27,28). The highest BCUT2D eigenvalue weighted by molar-refractivity contribution is 5.91. The van der Waals surface area contributed by atoms with Crippen LogP contribution in [-0.4, -0.2) is 24.5 Å². The van der Waals surface area contributed by atoms with E-state index in [1.807, 2.05) is 12.3 Å². The number of nitrogens with zero attached hydrogens (tertiary/aromatic N) is 4. The van der Waals surface area contributed by atoms with E-state index in [4.69, 9.17) is 10.7 Å². The lowest BCUT2D eigenvalue weighted by atomic mass is 9.97. The summed E-state index contributed by atoms with van der Waals surface area (Å²) in [6.45, 7) is 0. The molecular formula is C24H24N6. The van der Waals surface area contributed by atoms with Gasteiger partial charge in [-0.05, 0) is 67.9 Å². The summed E-state index contributed by atoms with van der Waals surface area (Å²) in [5.41, 5.74) is 10.4. The minimum atomic E-state index is 0.501. The molecule has 2 atom stereocenters. The number of aromatic amines is 1. The Morgan fingerprint density at radius 3 is 3.00 bits per heavy atom. The molecule has 1 aromatic carbocycles. The molecule has 6 rings (SSSR count). The first-order chi connectivity index (χ1) is 14.7. The molecule has 30 heavy (non-hydrogen) atoms. The number of anilines is 1. The summed E-state index contributed by atoms with van der Waals surface area (Å²) in [5, 5.41) is 3.32. The second-order valence-electron chi connectivity index (χ2n) is 8.52. The summed E-state index contributed by atoms with van der Waals surface area (Å²) in [4.78, 5) is 16.6. The van der Waals surface area contributed by atoms with Crippen LogP contribution in [0.25, 0.3) is 33.0 Å². The zero-order chi connectivity index (χ0) is 20.1. The Hall–Kier alpha value is -3.41. The monoisotopic (exact) mass is 396 g/mol.